The number of carbonyl (C=O) groups is 1. The third-order valence-electron chi connectivity index (χ3n) is 2.41. The predicted octanol–water partition coefficient (Wildman–Crippen LogP) is 1.80. The van der Waals surface area contributed by atoms with Crippen molar-refractivity contribution in [2.45, 2.75) is 6.92 Å². The number of halogens is 1. The van der Waals surface area contributed by atoms with Gasteiger partial charge in [-0.1, -0.05) is 16.8 Å². The summed E-state index contributed by atoms with van der Waals surface area (Å²) in [6.07, 6.45) is 0. The standard InChI is InChI=1S/C11H7ClN4O2/c1-6-10(11(17)18)14-15-16(6)9-4-8(12)3-2-7(9)5-13/h2-4H,1H3,(H,17,18). The maximum absolute atomic E-state index is 10.9. The number of rotatable bonds is 2. The predicted molar refractivity (Wildman–Crippen MR) is 62.8 cm³/mol. The number of nitriles is 1. The van der Waals surface area contributed by atoms with E-state index in [1.807, 2.05) is 6.07 Å². The van der Waals surface area contributed by atoms with Gasteiger partial charge < -0.3 is 5.11 Å². The van der Waals surface area contributed by atoms with Crippen molar-refractivity contribution in [2.75, 3.05) is 0 Å². The minimum Gasteiger partial charge on any atom is -0.476 e. The zero-order valence-corrected chi connectivity index (χ0v) is 10.0. The summed E-state index contributed by atoms with van der Waals surface area (Å²) in [5, 5.41) is 25.6. The fourth-order valence-electron chi connectivity index (χ4n) is 1.53. The van der Waals surface area contributed by atoms with Crippen LogP contribution in [0.25, 0.3) is 5.69 Å². The summed E-state index contributed by atoms with van der Waals surface area (Å²) in [4.78, 5) is 10.9. The highest BCUT2D eigenvalue weighted by molar-refractivity contribution is 6.30. The smallest absolute Gasteiger partial charge is 0.358 e. The highest BCUT2D eigenvalue weighted by atomic mass is 35.5. The summed E-state index contributed by atoms with van der Waals surface area (Å²) in [5.41, 5.74) is 0.923. The lowest BCUT2D eigenvalue weighted by molar-refractivity contribution is 0.0689. The molecule has 0 aliphatic heterocycles. The van der Waals surface area contributed by atoms with E-state index in [0.29, 0.717) is 22.0 Å². The topological polar surface area (TPSA) is 91.8 Å². The van der Waals surface area contributed by atoms with Gasteiger partial charge in [0.15, 0.2) is 5.69 Å². The van der Waals surface area contributed by atoms with Crippen molar-refractivity contribution in [3.8, 4) is 11.8 Å². The Morgan fingerprint density at radius 1 is 1.56 bits per heavy atom. The Morgan fingerprint density at radius 2 is 2.28 bits per heavy atom. The van der Waals surface area contributed by atoms with Crippen molar-refractivity contribution in [2.24, 2.45) is 0 Å². The van der Waals surface area contributed by atoms with E-state index in [1.54, 1.807) is 19.1 Å². The molecule has 2 rings (SSSR count). The van der Waals surface area contributed by atoms with Crippen molar-refractivity contribution in [3.63, 3.8) is 0 Å². The second-order valence-electron chi connectivity index (χ2n) is 3.51. The molecule has 6 nitrogen and oxygen atoms in total. The Kier molecular flexibility index (Phi) is 3.00. The Bertz CT molecular complexity index is 672. The van der Waals surface area contributed by atoms with E-state index in [-0.39, 0.29) is 5.69 Å². The van der Waals surface area contributed by atoms with E-state index >= 15 is 0 Å². The summed E-state index contributed by atoms with van der Waals surface area (Å²) >= 11 is 5.86. The van der Waals surface area contributed by atoms with Gasteiger partial charge >= 0.3 is 5.97 Å². The van der Waals surface area contributed by atoms with Crippen molar-refractivity contribution in [1.29, 1.82) is 5.26 Å². The third kappa shape index (κ3) is 1.92. The highest BCUT2D eigenvalue weighted by Gasteiger charge is 2.17. The minimum absolute atomic E-state index is 0.154. The molecule has 1 aromatic heterocycles. The van der Waals surface area contributed by atoms with Crippen LogP contribution >= 0.6 is 11.6 Å². The molecule has 0 saturated carbocycles. The molecule has 0 saturated heterocycles. The zero-order chi connectivity index (χ0) is 13.3. The third-order valence-corrected chi connectivity index (χ3v) is 2.64. The average Bonchev–Trinajstić information content (AvgIpc) is 2.71. The number of hydrogen-bond acceptors (Lipinski definition) is 4. The number of aromatic nitrogens is 3. The number of carboxylic acids is 1. The molecule has 90 valence electrons. The number of nitrogens with zero attached hydrogens (tertiary/aromatic N) is 4. The summed E-state index contributed by atoms with van der Waals surface area (Å²) < 4.78 is 1.29. The summed E-state index contributed by atoms with van der Waals surface area (Å²) in [7, 11) is 0. The average molecular weight is 263 g/mol. The molecule has 0 atom stereocenters. The van der Waals surface area contributed by atoms with Gasteiger partial charge in [-0.3, -0.25) is 0 Å². The quantitative estimate of drug-likeness (QED) is 0.891. The molecule has 18 heavy (non-hydrogen) atoms. The van der Waals surface area contributed by atoms with Gasteiger partial charge in [0, 0.05) is 5.02 Å². The second kappa shape index (κ2) is 4.47. The van der Waals surface area contributed by atoms with Crippen LogP contribution in [-0.4, -0.2) is 26.1 Å². The molecule has 0 spiro atoms. The molecule has 0 unspecified atom stereocenters. The van der Waals surface area contributed by atoms with E-state index in [1.165, 1.54) is 10.7 Å². The molecule has 1 heterocycles. The summed E-state index contributed by atoms with van der Waals surface area (Å²) in [5.74, 6) is -1.17. The number of carboxylic acid groups (broad SMARTS) is 1. The molecule has 7 heteroatoms. The summed E-state index contributed by atoms with van der Waals surface area (Å²) in [6.45, 7) is 1.56. The van der Waals surface area contributed by atoms with Crippen LogP contribution in [-0.2, 0) is 0 Å². The van der Waals surface area contributed by atoms with Crippen LogP contribution in [0.2, 0.25) is 5.02 Å². The molecule has 0 aliphatic rings. The molecule has 0 fully saturated rings. The van der Waals surface area contributed by atoms with Crippen LogP contribution in [0.3, 0.4) is 0 Å². The van der Waals surface area contributed by atoms with Crippen molar-refractivity contribution < 1.29 is 9.90 Å². The monoisotopic (exact) mass is 262 g/mol. The lowest BCUT2D eigenvalue weighted by atomic mass is 10.2. The highest BCUT2D eigenvalue weighted by Crippen LogP contribution is 2.20. The van der Waals surface area contributed by atoms with Crippen molar-refractivity contribution in [3.05, 3.63) is 40.2 Å². The Balaban J connectivity index is 2.66. The van der Waals surface area contributed by atoms with Gasteiger partial charge in [0.1, 0.15) is 6.07 Å². The first-order valence-corrected chi connectivity index (χ1v) is 5.28. The van der Waals surface area contributed by atoms with Crippen molar-refractivity contribution >= 4 is 17.6 Å². The van der Waals surface area contributed by atoms with Crippen LogP contribution in [0.4, 0.5) is 0 Å². The van der Waals surface area contributed by atoms with Gasteiger partial charge in [0.25, 0.3) is 0 Å². The maximum atomic E-state index is 10.9. The van der Waals surface area contributed by atoms with Crippen LogP contribution in [0.5, 0.6) is 0 Å². The van der Waals surface area contributed by atoms with E-state index in [4.69, 9.17) is 22.0 Å². The molecular weight excluding hydrogens is 256 g/mol. The maximum Gasteiger partial charge on any atom is 0.358 e. The second-order valence-corrected chi connectivity index (χ2v) is 3.95. The normalized spacial score (nSPS) is 10.1. The van der Waals surface area contributed by atoms with E-state index in [9.17, 15) is 4.79 Å². The zero-order valence-electron chi connectivity index (χ0n) is 9.25. The van der Waals surface area contributed by atoms with Crippen LogP contribution in [0.15, 0.2) is 18.2 Å². The van der Waals surface area contributed by atoms with Crippen LogP contribution < -0.4 is 0 Å². The Morgan fingerprint density at radius 3 is 2.83 bits per heavy atom. The first-order chi connectivity index (χ1) is 8.54. The first kappa shape index (κ1) is 12.1. The largest absolute Gasteiger partial charge is 0.476 e. The minimum atomic E-state index is -1.17. The molecule has 0 bridgehead atoms. The molecule has 0 aliphatic carbocycles. The fourth-order valence-corrected chi connectivity index (χ4v) is 1.70. The van der Waals surface area contributed by atoms with Gasteiger partial charge in [-0.25, -0.2) is 9.48 Å². The molecule has 1 N–H and O–H groups in total. The van der Waals surface area contributed by atoms with Crippen molar-refractivity contribution in [1.82, 2.24) is 15.0 Å². The van der Waals surface area contributed by atoms with Gasteiger partial charge in [0.2, 0.25) is 0 Å². The SMILES string of the molecule is Cc1c(C(=O)O)nnn1-c1cc(Cl)ccc1C#N. The van der Waals surface area contributed by atoms with Gasteiger partial charge in [-0.2, -0.15) is 5.26 Å². The van der Waals surface area contributed by atoms with E-state index in [0.717, 1.165) is 0 Å². The fraction of sp³-hybridized carbons (Fsp3) is 0.0909. The Hall–Kier alpha value is -2.39. The summed E-state index contributed by atoms with van der Waals surface area (Å²) in [6, 6.07) is 6.65. The lowest BCUT2D eigenvalue weighted by Gasteiger charge is -2.05. The molecular formula is C11H7ClN4O2. The molecule has 2 aromatic rings. The first-order valence-electron chi connectivity index (χ1n) is 4.90. The molecule has 0 amide bonds. The van der Waals surface area contributed by atoms with E-state index < -0.39 is 5.97 Å². The number of aromatic carboxylic acids is 1. The number of hydrogen-bond donors (Lipinski definition) is 1. The molecule has 0 radical (unpaired) electrons. The van der Waals surface area contributed by atoms with E-state index in [2.05, 4.69) is 10.3 Å². The van der Waals surface area contributed by atoms with Crippen LogP contribution in [0, 0.1) is 18.3 Å². The Labute approximate surface area is 107 Å². The molecule has 1 aromatic carbocycles. The van der Waals surface area contributed by atoms with Gasteiger partial charge in [-0.05, 0) is 25.1 Å². The lowest BCUT2D eigenvalue weighted by Crippen LogP contribution is -2.04. The van der Waals surface area contributed by atoms with Gasteiger partial charge in [0.05, 0.1) is 16.9 Å². The van der Waals surface area contributed by atoms with Crippen LogP contribution in [0.1, 0.15) is 21.7 Å². The van der Waals surface area contributed by atoms with Gasteiger partial charge in [-0.15, -0.1) is 5.10 Å². The number of benzene rings is 1.